The molecule has 4 rings (SSSR count). The second-order valence-electron chi connectivity index (χ2n) is 7.98. The number of methoxy groups -OCH3 is 2. The van der Waals surface area contributed by atoms with Gasteiger partial charge in [0.1, 0.15) is 23.0 Å². The molecule has 8 nitrogen and oxygen atoms in total. The number of fused-ring (bicyclic) bond motifs is 1. The number of ether oxygens (including phenoxy) is 2. The van der Waals surface area contributed by atoms with Gasteiger partial charge in [-0.15, -0.1) is 11.3 Å². The first-order valence-electron chi connectivity index (χ1n) is 11.1. The van der Waals surface area contributed by atoms with Crippen LogP contribution in [0.3, 0.4) is 0 Å². The Morgan fingerprint density at radius 1 is 1.09 bits per heavy atom. The van der Waals surface area contributed by atoms with Gasteiger partial charge in [-0.05, 0) is 48.7 Å². The molecule has 4 aromatic rings. The second-order valence-corrected chi connectivity index (χ2v) is 9.03. The molecule has 2 amide bonds. The highest BCUT2D eigenvalue weighted by atomic mass is 32.1. The Morgan fingerprint density at radius 3 is 2.57 bits per heavy atom. The average molecular weight is 494 g/mol. The van der Waals surface area contributed by atoms with Gasteiger partial charge in [0.25, 0.3) is 5.91 Å². The van der Waals surface area contributed by atoms with Gasteiger partial charge in [-0.3, -0.25) is 14.6 Å². The minimum absolute atomic E-state index is 0.132. The van der Waals surface area contributed by atoms with E-state index in [1.54, 1.807) is 38.6 Å². The zero-order valence-electron chi connectivity index (χ0n) is 20.1. The normalized spacial score (nSPS) is 10.9. The van der Waals surface area contributed by atoms with Gasteiger partial charge in [-0.2, -0.15) is 0 Å². The van der Waals surface area contributed by atoms with Gasteiger partial charge in [0, 0.05) is 42.0 Å². The molecule has 3 aromatic heterocycles. The third-order valence-corrected chi connectivity index (χ3v) is 6.79. The van der Waals surface area contributed by atoms with Crippen LogP contribution in [0.1, 0.15) is 27.6 Å². The van der Waals surface area contributed by atoms with Crippen LogP contribution >= 0.6 is 11.3 Å². The minimum atomic E-state index is -0.169. The van der Waals surface area contributed by atoms with Crippen molar-refractivity contribution in [3.8, 4) is 22.6 Å². The molecule has 3 heterocycles. The molecule has 35 heavy (non-hydrogen) atoms. The number of thiophene rings is 1. The van der Waals surface area contributed by atoms with Crippen molar-refractivity contribution in [2.24, 2.45) is 0 Å². The number of pyridine rings is 1. The van der Waals surface area contributed by atoms with Gasteiger partial charge >= 0.3 is 0 Å². The van der Waals surface area contributed by atoms with Gasteiger partial charge in [0.15, 0.2) is 0 Å². The van der Waals surface area contributed by atoms with Crippen molar-refractivity contribution < 1.29 is 23.5 Å². The first-order valence-corrected chi connectivity index (χ1v) is 11.9. The van der Waals surface area contributed by atoms with Crippen LogP contribution < -0.4 is 14.8 Å². The van der Waals surface area contributed by atoms with Crippen LogP contribution in [0.4, 0.5) is 0 Å². The lowest BCUT2D eigenvalue weighted by Gasteiger charge is -2.20. The lowest BCUT2D eigenvalue weighted by atomic mass is 10.0. The molecular weight excluding hydrogens is 466 g/mol. The van der Waals surface area contributed by atoms with Gasteiger partial charge in [-0.1, -0.05) is 0 Å². The smallest absolute Gasteiger partial charge is 0.264 e. The highest BCUT2D eigenvalue weighted by Crippen LogP contribution is 2.39. The number of nitrogens with one attached hydrogen (secondary N) is 1. The van der Waals surface area contributed by atoms with Crippen molar-refractivity contribution in [2.45, 2.75) is 19.9 Å². The summed E-state index contributed by atoms with van der Waals surface area (Å²) in [5.41, 5.74) is 1.75. The third kappa shape index (κ3) is 5.46. The fourth-order valence-corrected chi connectivity index (χ4v) is 4.91. The summed E-state index contributed by atoms with van der Waals surface area (Å²) in [5.74, 6) is 2.45. The zero-order valence-corrected chi connectivity index (χ0v) is 20.9. The Bertz CT molecular complexity index is 1360. The Kier molecular flexibility index (Phi) is 7.36. The van der Waals surface area contributed by atoms with Crippen LogP contribution in [0.15, 0.2) is 53.2 Å². The molecule has 1 aromatic carbocycles. The van der Waals surface area contributed by atoms with E-state index in [2.05, 4.69) is 10.3 Å². The largest absolute Gasteiger partial charge is 0.497 e. The monoisotopic (exact) mass is 493 g/mol. The molecule has 0 bridgehead atoms. The summed E-state index contributed by atoms with van der Waals surface area (Å²) >= 11 is 1.40. The molecule has 0 unspecified atom stereocenters. The zero-order chi connectivity index (χ0) is 24.9. The summed E-state index contributed by atoms with van der Waals surface area (Å²) in [5, 5.41) is 3.49. The fraction of sp³-hybridized carbons (Fsp3) is 0.269. The van der Waals surface area contributed by atoms with E-state index >= 15 is 0 Å². The lowest BCUT2D eigenvalue weighted by molar-refractivity contribution is -0.120. The molecule has 182 valence electrons. The molecule has 0 aliphatic rings. The molecule has 1 N–H and O–H groups in total. The SMILES string of the molecule is CNC(=O)CCN(Cc1ccc(C)o1)C(=O)c1cc2cc(OC)cc(-c3cncc(OC)c3)c2s1. The predicted molar refractivity (Wildman–Crippen MR) is 135 cm³/mol. The van der Waals surface area contributed by atoms with Crippen molar-refractivity contribution in [1.29, 1.82) is 0 Å². The van der Waals surface area contributed by atoms with Crippen molar-refractivity contribution >= 4 is 33.2 Å². The Labute approximate surface area is 207 Å². The molecule has 0 aliphatic heterocycles. The Morgan fingerprint density at radius 2 is 1.89 bits per heavy atom. The van der Waals surface area contributed by atoms with E-state index in [0.29, 0.717) is 22.1 Å². The van der Waals surface area contributed by atoms with Crippen molar-refractivity contribution in [3.63, 3.8) is 0 Å². The van der Waals surface area contributed by atoms with Crippen molar-refractivity contribution in [1.82, 2.24) is 15.2 Å². The molecule has 0 saturated carbocycles. The van der Waals surface area contributed by atoms with Crippen LogP contribution in [0.25, 0.3) is 21.2 Å². The van der Waals surface area contributed by atoms with Crippen LogP contribution in [0.2, 0.25) is 0 Å². The first-order chi connectivity index (χ1) is 16.9. The van der Waals surface area contributed by atoms with Crippen molar-refractivity contribution in [2.75, 3.05) is 27.8 Å². The summed E-state index contributed by atoms with van der Waals surface area (Å²) in [6.45, 7) is 2.39. The van der Waals surface area contributed by atoms with E-state index in [1.807, 2.05) is 43.3 Å². The van der Waals surface area contributed by atoms with Crippen LogP contribution in [-0.4, -0.2) is 49.5 Å². The number of rotatable bonds is 9. The van der Waals surface area contributed by atoms with Crippen LogP contribution in [0.5, 0.6) is 11.5 Å². The topological polar surface area (TPSA) is 93.9 Å². The van der Waals surface area contributed by atoms with E-state index in [-0.39, 0.29) is 31.3 Å². The molecule has 0 radical (unpaired) electrons. The number of furan rings is 1. The number of amides is 2. The summed E-state index contributed by atoms with van der Waals surface area (Å²) < 4.78 is 17.5. The number of benzene rings is 1. The van der Waals surface area contributed by atoms with Crippen molar-refractivity contribution in [3.05, 3.63) is 65.2 Å². The molecule has 0 saturated heterocycles. The lowest BCUT2D eigenvalue weighted by Crippen LogP contribution is -2.33. The summed E-state index contributed by atoms with van der Waals surface area (Å²) in [4.78, 5) is 32.0. The average Bonchev–Trinajstić information content (AvgIpc) is 3.50. The number of carbonyl (C=O) groups excluding carboxylic acids is 2. The highest BCUT2D eigenvalue weighted by Gasteiger charge is 2.22. The van der Waals surface area contributed by atoms with E-state index in [0.717, 1.165) is 27.0 Å². The van der Waals surface area contributed by atoms with E-state index < -0.39 is 0 Å². The number of hydrogen-bond acceptors (Lipinski definition) is 7. The van der Waals surface area contributed by atoms with Gasteiger partial charge in [0.05, 0.1) is 31.8 Å². The molecule has 0 fully saturated rings. The molecule has 0 spiro atoms. The standard InChI is InChI=1S/C26H27N3O5S/c1-16-5-6-19(34-16)15-29(8-7-24(30)27-2)26(31)23-11-17-9-20(32-3)12-22(25(17)35-23)18-10-21(33-4)14-28-13-18/h5-6,9-14H,7-8,15H2,1-4H3,(H,27,30). The summed E-state index contributed by atoms with van der Waals surface area (Å²) in [6.07, 6.45) is 3.60. The minimum Gasteiger partial charge on any atom is -0.497 e. The molecule has 0 atom stereocenters. The van der Waals surface area contributed by atoms with Gasteiger partial charge < -0.3 is 24.1 Å². The number of nitrogens with zero attached hydrogens (tertiary/aromatic N) is 2. The van der Waals surface area contributed by atoms with E-state index in [1.165, 1.54) is 11.3 Å². The first kappa shape index (κ1) is 24.3. The second kappa shape index (κ2) is 10.6. The molecular formula is C26H27N3O5S. The maximum absolute atomic E-state index is 13.6. The predicted octanol–water partition coefficient (Wildman–Crippen LogP) is 4.66. The fourth-order valence-electron chi connectivity index (χ4n) is 3.77. The number of aryl methyl sites for hydroxylation is 1. The number of carbonyl (C=O) groups is 2. The van der Waals surface area contributed by atoms with Crippen LogP contribution in [-0.2, 0) is 11.3 Å². The number of hydrogen-bond donors (Lipinski definition) is 1. The Hall–Kier alpha value is -3.85. The van der Waals surface area contributed by atoms with E-state index in [9.17, 15) is 9.59 Å². The maximum Gasteiger partial charge on any atom is 0.264 e. The third-order valence-electron chi connectivity index (χ3n) is 5.61. The maximum atomic E-state index is 13.6. The summed E-state index contributed by atoms with van der Waals surface area (Å²) in [6, 6.07) is 11.3. The van der Waals surface area contributed by atoms with Gasteiger partial charge in [0.2, 0.25) is 5.91 Å². The molecule has 9 heteroatoms. The molecule has 0 aliphatic carbocycles. The number of aromatic nitrogens is 1. The van der Waals surface area contributed by atoms with Gasteiger partial charge in [-0.25, -0.2) is 0 Å². The van der Waals surface area contributed by atoms with Crippen LogP contribution in [0, 0.1) is 6.92 Å². The summed E-state index contributed by atoms with van der Waals surface area (Å²) in [7, 11) is 4.79. The quantitative estimate of drug-likeness (QED) is 0.365. The Balaban J connectivity index is 1.73. The highest BCUT2D eigenvalue weighted by molar-refractivity contribution is 7.21. The van der Waals surface area contributed by atoms with E-state index in [4.69, 9.17) is 13.9 Å².